The molecule has 18 heavy (non-hydrogen) atoms. The summed E-state index contributed by atoms with van der Waals surface area (Å²) in [5, 5.41) is 3.33. The molecule has 0 aliphatic heterocycles. The number of ether oxygens (including phenoxy) is 1. The van der Waals surface area contributed by atoms with Crippen LogP contribution in [0, 0.1) is 11.2 Å². The fourth-order valence-electron chi connectivity index (χ4n) is 1.90. The summed E-state index contributed by atoms with van der Waals surface area (Å²) in [5.74, 6) is 0.467. The molecule has 0 heterocycles. The van der Waals surface area contributed by atoms with Crippen molar-refractivity contribution in [2.45, 2.75) is 26.8 Å². The minimum absolute atomic E-state index is 0.148. The smallest absolute Gasteiger partial charge is 0.123 e. The molecule has 0 spiro atoms. The highest BCUT2D eigenvalue weighted by molar-refractivity contribution is 5.33. The maximum Gasteiger partial charge on any atom is 0.123 e. The van der Waals surface area contributed by atoms with Crippen molar-refractivity contribution in [3.05, 3.63) is 29.6 Å². The monoisotopic (exact) mass is 254 g/mol. The van der Waals surface area contributed by atoms with Crippen molar-refractivity contribution in [1.82, 2.24) is 5.32 Å². The molecule has 1 aromatic rings. The average molecular weight is 254 g/mol. The van der Waals surface area contributed by atoms with Crippen LogP contribution in [-0.4, -0.2) is 20.2 Å². The molecule has 1 aromatic carbocycles. The lowest BCUT2D eigenvalue weighted by Gasteiger charge is -2.24. The van der Waals surface area contributed by atoms with Gasteiger partial charge in [-0.05, 0) is 36.6 Å². The van der Waals surface area contributed by atoms with Gasteiger partial charge >= 0.3 is 0 Å². The molecule has 0 radical (unpaired) electrons. The Labute approximate surface area is 109 Å². The van der Waals surface area contributed by atoms with Crippen LogP contribution < -0.4 is 15.8 Å². The molecule has 0 aromatic heterocycles. The molecule has 0 aliphatic carbocycles. The number of nitrogens with one attached hydrogen (secondary N) is 1. The molecule has 0 aliphatic rings. The highest BCUT2D eigenvalue weighted by atomic mass is 19.1. The summed E-state index contributed by atoms with van der Waals surface area (Å²) in [7, 11) is 1.59. The second-order valence-electron chi connectivity index (χ2n) is 5.26. The molecule has 102 valence electrons. The maximum absolute atomic E-state index is 13.2. The number of benzene rings is 1. The summed E-state index contributed by atoms with van der Waals surface area (Å²) in [6, 6.07) is 4.56. The van der Waals surface area contributed by atoms with E-state index in [2.05, 4.69) is 19.2 Å². The number of rotatable bonds is 7. The van der Waals surface area contributed by atoms with E-state index in [4.69, 9.17) is 10.5 Å². The van der Waals surface area contributed by atoms with Crippen molar-refractivity contribution in [2.75, 3.05) is 20.2 Å². The van der Waals surface area contributed by atoms with Crippen molar-refractivity contribution in [1.29, 1.82) is 0 Å². The van der Waals surface area contributed by atoms with E-state index < -0.39 is 0 Å². The molecule has 0 unspecified atom stereocenters. The van der Waals surface area contributed by atoms with E-state index in [1.165, 1.54) is 12.1 Å². The number of methoxy groups -OCH3 is 1. The third-order valence-corrected chi connectivity index (χ3v) is 2.98. The van der Waals surface area contributed by atoms with Crippen LogP contribution in [0.1, 0.15) is 25.8 Å². The Morgan fingerprint density at radius 1 is 1.39 bits per heavy atom. The molecule has 0 bridgehead atoms. The summed E-state index contributed by atoms with van der Waals surface area (Å²) in [6.45, 7) is 6.43. The van der Waals surface area contributed by atoms with E-state index in [1.807, 2.05) is 0 Å². The van der Waals surface area contributed by atoms with Crippen LogP contribution in [0.4, 0.5) is 4.39 Å². The fourth-order valence-corrected chi connectivity index (χ4v) is 1.90. The zero-order chi connectivity index (χ0) is 13.6. The Kier molecular flexibility index (Phi) is 5.56. The van der Waals surface area contributed by atoms with E-state index in [1.54, 1.807) is 13.2 Å². The SMILES string of the molecule is COc1ccc(F)cc1CNCC(C)(C)CCN. The lowest BCUT2D eigenvalue weighted by molar-refractivity contribution is 0.317. The number of hydrogen-bond acceptors (Lipinski definition) is 3. The zero-order valence-corrected chi connectivity index (χ0v) is 11.4. The van der Waals surface area contributed by atoms with E-state index in [-0.39, 0.29) is 11.2 Å². The lowest BCUT2D eigenvalue weighted by Crippen LogP contribution is -2.31. The van der Waals surface area contributed by atoms with Gasteiger partial charge < -0.3 is 15.8 Å². The lowest BCUT2D eigenvalue weighted by atomic mass is 9.89. The van der Waals surface area contributed by atoms with E-state index in [0.29, 0.717) is 18.8 Å². The van der Waals surface area contributed by atoms with Gasteiger partial charge in [0.2, 0.25) is 0 Å². The van der Waals surface area contributed by atoms with Crippen molar-refractivity contribution in [3.63, 3.8) is 0 Å². The van der Waals surface area contributed by atoms with Gasteiger partial charge in [-0.2, -0.15) is 0 Å². The van der Waals surface area contributed by atoms with Crippen molar-refractivity contribution < 1.29 is 9.13 Å². The third-order valence-electron chi connectivity index (χ3n) is 2.98. The molecule has 0 saturated heterocycles. The topological polar surface area (TPSA) is 47.3 Å². The Bertz CT molecular complexity index is 380. The van der Waals surface area contributed by atoms with E-state index in [0.717, 1.165) is 18.5 Å². The Morgan fingerprint density at radius 2 is 2.11 bits per heavy atom. The van der Waals surface area contributed by atoms with Gasteiger partial charge in [-0.3, -0.25) is 0 Å². The molecule has 0 fully saturated rings. The second kappa shape index (κ2) is 6.71. The van der Waals surface area contributed by atoms with E-state index >= 15 is 0 Å². The van der Waals surface area contributed by atoms with Crippen LogP contribution in [0.5, 0.6) is 5.75 Å². The predicted molar refractivity (Wildman–Crippen MR) is 72.1 cm³/mol. The van der Waals surface area contributed by atoms with Gasteiger partial charge in [0.15, 0.2) is 0 Å². The summed E-state index contributed by atoms with van der Waals surface area (Å²) >= 11 is 0. The minimum Gasteiger partial charge on any atom is -0.496 e. The quantitative estimate of drug-likeness (QED) is 0.785. The van der Waals surface area contributed by atoms with Gasteiger partial charge in [0.25, 0.3) is 0 Å². The van der Waals surface area contributed by atoms with Gasteiger partial charge in [0.1, 0.15) is 11.6 Å². The highest BCUT2D eigenvalue weighted by Crippen LogP contribution is 2.21. The van der Waals surface area contributed by atoms with Crippen LogP contribution in [0.3, 0.4) is 0 Å². The standard InChI is InChI=1S/C14H23FN2O/c1-14(2,6-7-16)10-17-9-11-8-12(15)4-5-13(11)18-3/h4-5,8,17H,6-7,9-10,16H2,1-3H3. The number of hydrogen-bond donors (Lipinski definition) is 2. The van der Waals surface area contributed by atoms with Crippen LogP contribution in [0.25, 0.3) is 0 Å². The fraction of sp³-hybridized carbons (Fsp3) is 0.571. The summed E-state index contributed by atoms with van der Waals surface area (Å²) in [4.78, 5) is 0. The van der Waals surface area contributed by atoms with Crippen molar-refractivity contribution >= 4 is 0 Å². The summed E-state index contributed by atoms with van der Waals surface area (Å²) in [5.41, 5.74) is 6.55. The van der Waals surface area contributed by atoms with Crippen LogP contribution in [-0.2, 0) is 6.54 Å². The molecule has 3 N–H and O–H groups in total. The molecule has 0 saturated carbocycles. The number of halogens is 1. The third kappa shape index (κ3) is 4.63. The van der Waals surface area contributed by atoms with E-state index in [9.17, 15) is 4.39 Å². The highest BCUT2D eigenvalue weighted by Gasteiger charge is 2.16. The first-order chi connectivity index (χ1) is 8.48. The van der Waals surface area contributed by atoms with Gasteiger partial charge in [-0.1, -0.05) is 13.8 Å². The number of nitrogens with two attached hydrogens (primary N) is 1. The van der Waals surface area contributed by atoms with Gasteiger partial charge in [-0.25, -0.2) is 4.39 Å². The van der Waals surface area contributed by atoms with Crippen molar-refractivity contribution in [2.24, 2.45) is 11.1 Å². The largest absolute Gasteiger partial charge is 0.496 e. The van der Waals surface area contributed by atoms with Gasteiger partial charge in [0, 0.05) is 18.7 Å². The van der Waals surface area contributed by atoms with Crippen molar-refractivity contribution in [3.8, 4) is 5.75 Å². The molecule has 0 atom stereocenters. The molecule has 3 nitrogen and oxygen atoms in total. The minimum atomic E-state index is -0.242. The van der Waals surface area contributed by atoms with Crippen LogP contribution in [0.15, 0.2) is 18.2 Å². The maximum atomic E-state index is 13.2. The first-order valence-electron chi connectivity index (χ1n) is 6.22. The first kappa shape index (κ1) is 14.9. The second-order valence-corrected chi connectivity index (χ2v) is 5.26. The Hall–Kier alpha value is -1.13. The molecule has 0 amide bonds. The average Bonchev–Trinajstić information content (AvgIpc) is 2.29. The normalized spacial score (nSPS) is 11.6. The first-order valence-corrected chi connectivity index (χ1v) is 6.22. The predicted octanol–water partition coefficient (Wildman–Crippen LogP) is 2.30. The molecule has 1 rings (SSSR count). The van der Waals surface area contributed by atoms with Crippen LogP contribution in [0.2, 0.25) is 0 Å². The van der Waals surface area contributed by atoms with Gasteiger partial charge in [-0.15, -0.1) is 0 Å². The van der Waals surface area contributed by atoms with Crippen LogP contribution >= 0.6 is 0 Å². The Balaban J connectivity index is 2.55. The summed E-state index contributed by atoms with van der Waals surface area (Å²) < 4.78 is 18.4. The zero-order valence-electron chi connectivity index (χ0n) is 11.4. The Morgan fingerprint density at radius 3 is 2.72 bits per heavy atom. The van der Waals surface area contributed by atoms with Gasteiger partial charge in [0.05, 0.1) is 7.11 Å². The molecular formula is C14H23FN2O. The summed E-state index contributed by atoms with van der Waals surface area (Å²) in [6.07, 6.45) is 0.959. The molecular weight excluding hydrogens is 231 g/mol. The molecule has 4 heteroatoms.